The molecule has 5 nitrogen and oxygen atoms in total. The Kier molecular flexibility index (Phi) is 6.32. The second-order valence-corrected chi connectivity index (χ2v) is 7.24. The van der Waals surface area contributed by atoms with Crippen LogP contribution in [0.25, 0.3) is 0 Å². The summed E-state index contributed by atoms with van der Waals surface area (Å²) in [5.74, 6) is 0.637. The predicted molar refractivity (Wildman–Crippen MR) is 98.9 cm³/mol. The lowest BCUT2D eigenvalue weighted by Crippen LogP contribution is -2.32. The van der Waals surface area contributed by atoms with E-state index in [9.17, 15) is 4.79 Å². The molecular weight excluding hydrogens is 316 g/mol. The van der Waals surface area contributed by atoms with Gasteiger partial charge in [-0.15, -0.1) is 0 Å². The fourth-order valence-corrected chi connectivity index (χ4v) is 4.07. The van der Waals surface area contributed by atoms with Crippen LogP contribution in [-0.2, 0) is 20.7 Å². The standard InChI is InChI=1S/C20H30N2O3/c1-24-19-12-18(13-20(23)25-2)22(14-19)17-5-3-15(4-6-17)11-16-7-9-21-10-8-16/h3-6,16,18-19,21H,7-14H2,1-2H3/t18-,19-/m1/s1. The van der Waals surface area contributed by atoms with Crippen LogP contribution < -0.4 is 10.2 Å². The summed E-state index contributed by atoms with van der Waals surface area (Å²) in [5, 5.41) is 3.43. The summed E-state index contributed by atoms with van der Waals surface area (Å²) in [6.45, 7) is 3.11. The fraction of sp³-hybridized carbons (Fsp3) is 0.650. The van der Waals surface area contributed by atoms with Crippen molar-refractivity contribution in [3.05, 3.63) is 29.8 Å². The minimum Gasteiger partial charge on any atom is -0.469 e. The number of esters is 1. The molecule has 0 amide bonds. The van der Waals surface area contributed by atoms with Gasteiger partial charge in [-0.05, 0) is 62.4 Å². The number of hydrogen-bond donors (Lipinski definition) is 1. The highest BCUT2D eigenvalue weighted by atomic mass is 16.5. The molecule has 0 saturated carbocycles. The number of nitrogens with zero attached hydrogens (tertiary/aromatic N) is 1. The van der Waals surface area contributed by atoms with Crippen LogP contribution >= 0.6 is 0 Å². The molecule has 2 aliphatic heterocycles. The van der Waals surface area contributed by atoms with E-state index in [0.717, 1.165) is 38.4 Å². The Morgan fingerprint density at radius 2 is 1.92 bits per heavy atom. The van der Waals surface area contributed by atoms with Gasteiger partial charge in [0.2, 0.25) is 0 Å². The lowest BCUT2D eigenvalue weighted by Gasteiger charge is -2.26. The molecule has 1 aromatic rings. The van der Waals surface area contributed by atoms with Crippen molar-refractivity contribution >= 4 is 11.7 Å². The van der Waals surface area contributed by atoms with Crippen molar-refractivity contribution in [3.63, 3.8) is 0 Å². The second-order valence-electron chi connectivity index (χ2n) is 7.24. The summed E-state index contributed by atoms with van der Waals surface area (Å²) in [6.07, 6.45) is 5.14. The SMILES string of the molecule is COC(=O)C[C@H]1C[C@@H](OC)CN1c1ccc(CC2CCNCC2)cc1. The van der Waals surface area contributed by atoms with Gasteiger partial charge in [0.15, 0.2) is 0 Å². The van der Waals surface area contributed by atoms with Gasteiger partial charge >= 0.3 is 5.97 Å². The van der Waals surface area contributed by atoms with Crippen molar-refractivity contribution in [3.8, 4) is 0 Å². The number of piperidine rings is 1. The van der Waals surface area contributed by atoms with Crippen molar-refractivity contribution in [2.45, 2.75) is 44.2 Å². The highest BCUT2D eigenvalue weighted by Crippen LogP contribution is 2.30. The van der Waals surface area contributed by atoms with E-state index in [1.54, 1.807) is 7.11 Å². The maximum atomic E-state index is 11.7. The number of rotatable bonds is 6. The highest BCUT2D eigenvalue weighted by molar-refractivity contribution is 5.71. The van der Waals surface area contributed by atoms with E-state index >= 15 is 0 Å². The molecule has 0 aromatic heterocycles. The lowest BCUT2D eigenvalue weighted by molar-refractivity contribution is -0.141. The molecule has 0 spiro atoms. The summed E-state index contributed by atoms with van der Waals surface area (Å²) < 4.78 is 10.4. The number of carbonyl (C=O) groups excluding carboxylic acids is 1. The van der Waals surface area contributed by atoms with Crippen molar-refractivity contribution in [2.75, 3.05) is 38.8 Å². The minimum atomic E-state index is -0.158. The molecule has 0 radical (unpaired) electrons. The zero-order chi connectivity index (χ0) is 17.6. The third-order valence-electron chi connectivity index (χ3n) is 5.59. The third kappa shape index (κ3) is 4.73. The van der Waals surface area contributed by atoms with Crippen LogP contribution in [0.5, 0.6) is 0 Å². The van der Waals surface area contributed by atoms with Gasteiger partial charge in [-0.3, -0.25) is 4.79 Å². The summed E-state index contributed by atoms with van der Waals surface area (Å²) in [6, 6.07) is 9.02. The van der Waals surface area contributed by atoms with Gasteiger partial charge in [-0.25, -0.2) is 0 Å². The quantitative estimate of drug-likeness (QED) is 0.802. The summed E-state index contributed by atoms with van der Waals surface area (Å²) >= 11 is 0. The Morgan fingerprint density at radius 1 is 1.20 bits per heavy atom. The molecule has 1 aromatic carbocycles. The van der Waals surface area contributed by atoms with Crippen molar-refractivity contribution in [1.29, 1.82) is 0 Å². The number of hydrogen-bond acceptors (Lipinski definition) is 5. The number of methoxy groups -OCH3 is 2. The van der Waals surface area contributed by atoms with E-state index in [1.165, 1.54) is 31.2 Å². The topological polar surface area (TPSA) is 50.8 Å². The van der Waals surface area contributed by atoms with E-state index in [2.05, 4.69) is 34.5 Å². The van der Waals surface area contributed by atoms with Gasteiger partial charge in [-0.2, -0.15) is 0 Å². The first-order valence-corrected chi connectivity index (χ1v) is 9.35. The molecule has 138 valence electrons. The highest BCUT2D eigenvalue weighted by Gasteiger charge is 2.34. The minimum absolute atomic E-state index is 0.146. The smallest absolute Gasteiger partial charge is 0.307 e. The van der Waals surface area contributed by atoms with Crippen molar-refractivity contribution in [2.24, 2.45) is 5.92 Å². The van der Waals surface area contributed by atoms with E-state index in [1.807, 2.05) is 0 Å². The van der Waals surface area contributed by atoms with E-state index in [-0.39, 0.29) is 18.1 Å². The van der Waals surface area contributed by atoms with Crippen molar-refractivity contribution < 1.29 is 14.3 Å². The Labute approximate surface area is 150 Å². The second kappa shape index (κ2) is 8.68. The lowest BCUT2D eigenvalue weighted by atomic mass is 9.91. The van der Waals surface area contributed by atoms with E-state index in [0.29, 0.717) is 6.42 Å². The first-order valence-electron chi connectivity index (χ1n) is 9.35. The van der Waals surface area contributed by atoms with Crippen molar-refractivity contribution in [1.82, 2.24) is 5.32 Å². The predicted octanol–water partition coefficient (Wildman–Crippen LogP) is 2.39. The number of nitrogens with one attached hydrogen (secondary N) is 1. The molecular formula is C20H30N2O3. The molecule has 2 fully saturated rings. The van der Waals surface area contributed by atoms with Crippen LogP contribution in [0.15, 0.2) is 24.3 Å². The molecule has 0 aliphatic carbocycles. The van der Waals surface area contributed by atoms with Gasteiger partial charge in [-0.1, -0.05) is 12.1 Å². The Balaban J connectivity index is 1.65. The maximum Gasteiger partial charge on any atom is 0.307 e. The molecule has 0 bridgehead atoms. The molecule has 0 unspecified atom stereocenters. The molecule has 25 heavy (non-hydrogen) atoms. The first-order chi connectivity index (χ1) is 12.2. The van der Waals surface area contributed by atoms with E-state index < -0.39 is 0 Å². The molecule has 2 aliphatic rings. The molecule has 2 saturated heterocycles. The van der Waals surface area contributed by atoms with Crippen LogP contribution in [0.2, 0.25) is 0 Å². The zero-order valence-electron chi connectivity index (χ0n) is 15.4. The monoisotopic (exact) mass is 346 g/mol. The van der Waals surface area contributed by atoms with Crippen LogP contribution in [0.4, 0.5) is 5.69 Å². The van der Waals surface area contributed by atoms with Gasteiger partial charge < -0.3 is 19.7 Å². The largest absolute Gasteiger partial charge is 0.469 e. The number of carbonyl (C=O) groups is 1. The molecule has 2 heterocycles. The Hall–Kier alpha value is -1.59. The Morgan fingerprint density at radius 3 is 2.56 bits per heavy atom. The van der Waals surface area contributed by atoms with Crippen LogP contribution in [-0.4, -0.2) is 52.0 Å². The summed E-state index contributed by atoms with van der Waals surface area (Å²) in [4.78, 5) is 14.0. The molecule has 5 heteroatoms. The molecule has 3 rings (SSSR count). The van der Waals surface area contributed by atoms with Gasteiger partial charge in [0, 0.05) is 25.4 Å². The Bertz CT molecular complexity index is 555. The fourth-order valence-electron chi connectivity index (χ4n) is 4.07. The maximum absolute atomic E-state index is 11.7. The average Bonchev–Trinajstić information content (AvgIpc) is 3.06. The van der Waals surface area contributed by atoms with Crippen LogP contribution in [0.3, 0.4) is 0 Å². The van der Waals surface area contributed by atoms with Gasteiger partial charge in [0.1, 0.15) is 0 Å². The van der Waals surface area contributed by atoms with Gasteiger partial charge in [0.25, 0.3) is 0 Å². The first kappa shape index (κ1) is 18.2. The zero-order valence-corrected chi connectivity index (χ0v) is 15.4. The number of benzene rings is 1. The van der Waals surface area contributed by atoms with Gasteiger partial charge in [0.05, 0.1) is 19.6 Å². The number of anilines is 1. The third-order valence-corrected chi connectivity index (χ3v) is 5.59. The van der Waals surface area contributed by atoms with E-state index in [4.69, 9.17) is 9.47 Å². The molecule has 2 atom stereocenters. The average molecular weight is 346 g/mol. The summed E-state index contributed by atoms with van der Waals surface area (Å²) in [5.41, 5.74) is 2.57. The molecule has 1 N–H and O–H groups in total. The van der Waals surface area contributed by atoms with Crippen LogP contribution in [0.1, 0.15) is 31.2 Å². The summed E-state index contributed by atoms with van der Waals surface area (Å²) in [7, 11) is 3.19. The number of ether oxygens (including phenoxy) is 2. The normalized spacial score (nSPS) is 24.5. The van der Waals surface area contributed by atoms with Crippen LogP contribution in [0, 0.1) is 5.92 Å².